The predicted molar refractivity (Wildman–Crippen MR) is 90.8 cm³/mol. The van der Waals surface area contributed by atoms with Gasteiger partial charge in [-0.3, -0.25) is 0 Å². The number of ether oxygens (including phenoxy) is 1. The molecule has 2 rings (SSSR count). The summed E-state index contributed by atoms with van der Waals surface area (Å²) in [6, 6.07) is 2.02. The highest BCUT2D eigenvalue weighted by Crippen LogP contribution is 2.24. The summed E-state index contributed by atoms with van der Waals surface area (Å²) in [7, 11) is 0. The molecule has 6 heteroatoms. The summed E-state index contributed by atoms with van der Waals surface area (Å²) in [4.78, 5) is 22.4. The molecule has 1 fully saturated rings. The van der Waals surface area contributed by atoms with Crippen molar-refractivity contribution in [3.63, 3.8) is 0 Å². The van der Waals surface area contributed by atoms with E-state index in [-0.39, 0.29) is 17.4 Å². The van der Waals surface area contributed by atoms with E-state index in [0.717, 1.165) is 30.3 Å². The molecule has 0 saturated carbocycles. The van der Waals surface area contributed by atoms with Crippen molar-refractivity contribution in [3.05, 3.63) is 17.6 Å². The smallest absolute Gasteiger partial charge is 0.409 e. The second kappa shape index (κ2) is 7.15. The zero-order chi connectivity index (χ0) is 17.0. The molecule has 1 aliphatic heterocycles. The van der Waals surface area contributed by atoms with Crippen LogP contribution in [0.3, 0.4) is 0 Å². The maximum Gasteiger partial charge on any atom is 0.409 e. The predicted octanol–water partition coefficient (Wildman–Crippen LogP) is 3.15. The van der Waals surface area contributed by atoms with Gasteiger partial charge in [0.2, 0.25) is 0 Å². The number of amides is 1. The average Bonchev–Trinajstić information content (AvgIpc) is 2.88. The molecule has 0 aromatic carbocycles. The van der Waals surface area contributed by atoms with Gasteiger partial charge in [0.15, 0.2) is 0 Å². The fourth-order valence-electron chi connectivity index (χ4n) is 2.31. The number of rotatable bonds is 6. The van der Waals surface area contributed by atoms with Gasteiger partial charge in [-0.2, -0.15) is 0 Å². The Balaban J connectivity index is 1.95. The van der Waals surface area contributed by atoms with Gasteiger partial charge < -0.3 is 15.0 Å². The first kappa shape index (κ1) is 17.5. The summed E-state index contributed by atoms with van der Waals surface area (Å²) in [5.74, 6) is 2.01. The fourth-order valence-corrected chi connectivity index (χ4v) is 2.31. The maximum atomic E-state index is 11.4. The number of cyclic esters (lactones) is 1. The van der Waals surface area contributed by atoms with E-state index in [4.69, 9.17) is 4.74 Å². The van der Waals surface area contributed by atoms with Gasteiger partial charge >= 0.3 is 6.09 Å². The van der Waals surface area contributed by atoms with Crippen molar-refractivity contribution >= 4 is 11.9 Å². The second-order valence-corrected chi connectivity index (χ2v) is 7.28. The highest BCUT2D eigenvalue weighted by atomic mass is 16.6. The van der Waals surface area contributed by atoms with Gasteiger partial charge in [0.05, 0.1) is 12.2 Å². The van der Waals surface area contributed by atoms with Crippen LogP contribution < -0.4 is 5.32 Å². The van der Waals surface area contributed by atoms with Crippen molar-refractivity contribution in [2.75, 3.05) is 31.6 Å². The lowest BCUT2D eigenvalue weighted by Crippen LogP contribution is -2.26. The zero-order valence-corrected chi connectivity index (χ0v) is 14.8. The largest absolute Gasteiger partial charge is 0.448 e. The van der Waals surface area contributed by atoms with Crippen LogP contribution in [-0.2, 0) is 10.2 Å². The van der Waals surface area contributed by atoms with Crippen LogP contribution in [0, 0.1) is 0 Å². The topological polar surface area (TPSA) is 67.3 Å². The van der Waals surface area contributed by atoms with Crippen LogP contribution in [0.15, 0.2) is 6.07 Å². The third kappa shape index (κ3) is 4.81. The van der Waals surface area contributed by atoms with E-state index in [0.29, 0.717) is 19.7 Å². The minimum absolute atomic E-state index is 0.0116. The molecular weight excluding hydrogens is 292 g/mol. The van der Waals surface area contributed by atoms with Crippen LogP contribution in [0.5, 0.6) is 0 Å². The number of carbonyl (C=O) groups is 1. The van der Waals surface area contributed by atoms with E-state index < -0.39 is 0 Å². The summed E-state index contributed by atoms with van der Waals surface area (Å²) < 4.78 is 4.92. The Morgan fingerprint density at radius 3 is 2.65 bits per heavy atom. The molecule has 1 saturated heterocycles. The first-order chi connectivity index (χ1) is 10.8. The average molecular weight is 320 g/mol. The van der Waals surface area contributed by atoms with Crippen LogP contribution in [0.25, 0.3) is 0 Å². The van der Waals surface area contributed by atoms with Crippen molar-refractivity contribution in [2.24, 2.45) is 0 Å². The van der Waals surface area contributed by atoms with Gasteiger partial charge in [0.25, 0.3) is 0 Å². The van der Waals surface area contributed by atoms with Crippen molar-refractivity contribution in [3.8, 4) is 0 Å². The third-order valence-electron chi connectivity index (χ3n) is 3.78. The highest BCUT2D eigenvalue weighted by Gasteiger charge is 2.21. The van der Waals surface area contributed by atoms with Crippen molar-refractivity contribution in [1.29, 1.82) is 0 Å². The quantitative estimate of drug-likeness (QED) is 0.816. The van der Waals surface area contributed by atoms with Crippen molar-refractivity contribution in [2.45, 2.75) is 52.4 Å². The van der Waals surface area contributed by atoms with Gasteiger partial charge in [0, 0.05) is 30.5 Å². The molecule has 1 N–H and O–H groups in total. The summed E-state index contributed by atoms with van der Waals surface area (Å²) in [6.07, 6.45) is 0.658. The van der Waals surface area contributed by atoms with Crippen molar-refractivity contribution in [1.82, 2.24) is 14.9 Å². The Labute approximate surface area is 138 Å². The van der Waals surface area contributed by atoms with E-state index in [9.17, 15) is 4.79 Å². The van der Waals surface area contributed by atoms with Crippen LogP contribution >= 0.6 is 0 Å². The first-order valence-electron chi connectivity index (χ1n) is 8.32. The van der Waals surface area contributed by atoms with E-state index in [1.807, 2.05) is 6.07 Å². The molecule has 0 spiro atoms. The first-order valence-corrected chi connectivity index (χ1v) is 8.32. The molecule has 0 bridgehead atoms. The van der Waals surface area contributed by atoms with Gasteiger partial charge in [-0.05, 0) is 6.42 Å². The van der Waals surface area contributed by atoms with Crippen LogP contribution in [0.2, 0.25) is 0 Å². The van der Waals surface area contributed by atoms with Gasteiger partial charge in [-0.25, -0.2) is 14.8 Å². The number of carbonyl (C=O) groups excluding carboxylic acids is 1. The lowest BCUT2D eigenvalue weighted by atomic mass is 9.91. The fraction of sp³-hybridized carbons (Fsp3) is 0.706. The van der Waals surface area contributed by atoms with Gasteiger partial charge in [0.1, 0.15) is 18.2 Å². The molecule has 6 nitrogen and oxygen atoms in total. The van der Waals surface area contributed by atoms with E-state index in [1.54, 1.807) is 4.90 Å². The molecule has 1 amide bonds. The molecule has 1 aromatic heterocycles. The molecule has 0 radical (unpaired) electrons. The lowest BCUT2D eigenvalue weighted by Gasteiger charge is -2.20. The Bertz CT molecular complexity index is 552. The maximum absolute atomic E-state index is 11.4. The normalized spacial score (nSPS) is 15.2. The summed E-state index contributed by atoms with van der Waals surface area (Å²) in [5, 5.41) is 3.36. The van der Waals surface area contributed by atoms with Gasteiger partial charge in [-0.15, -0.1) is 0 Å². The molecule has 23 heavy (non-hydrogen) atoms. The number of nitrogens with one attached hydrogen (secondary N) is 1. The number of anilines is 1. The summed E-state index contributed by atoms with van der Waals surface area (Å²) >= 11 is 0. The highest BCUT2D eigenvalue weighted by molar-refractivity contribution is 5.69. The Morgan fingerprint density at radius 1 is 1.35 bits per heavy atom. The standard InChI is InChI=1S/C17H28N4O2/c1-12(2)15-19-13(17(3,4)5)11-14(20-15)18-7-6-8-21-9-10-23-16(21)22/h11-12H,6-10H2,1-5H3,(H,18,19,20). The van der Waals surface area contributed by atoms with Crippen LogP contribution in [-0.4, -0.2) is 47.2 Å². The van der Waals surface area contributed by atoms with Crippen molar-refractivity contribution < 1.29 is 9.53 Å². The molecule has 0 unspecified atom stereocenters. The molecule has 0 aliphatic carbocycles. The second-order valence-electron chi connectivity index (χ2n) is 7.28. The SMILES string of the molecule is CC(C)c1nc(NCCCN2CCOC2=O)cc(C(C)(C)C)n1. The molecule has 0 atom stereocenters. The minimum atomic E-state index is -0.204. The monoisotopic (exact) mass is 320 g/mol. The number of hydrogen-bond donors (Lipinski definition) is 1. The Kier molecular flexibility index (Phi) is 5.44. The van der Waals surface area contributed by atoms with E-state index in [1.165, 1.54) is 0 Å². The van der Waals surface area contributed by atoms with E-state index in [2.05, 4.69) is 49.9 Å². The Morgan fingerprint density at radius 2 is 2.09 bits per heavy atom. The molecule has 1 aliphatic rings. The number of aromatic nitrogens is 2. The van der Waals surface area contributed by atoms with Crippen LogP contribution in [0.4, 0.5) is 10.6 Å². The third-order valence-corrected chi connectivity index (χ3v) is 3.78. The molecule has 1 aromatic rings. The van der Waals surface area contributed by atoms with E-state index >= 15 is 0 Å². The number of nitrogens with zero attached hydrogens (tertiary/aromatic N) is 3. The Hall–Kier alpha value is -1.85. The minimum Gasteiger partial charge on any atom is -0.448 e. The van der Waals surface area contributed by atoms with Gasteiger partial charge in [-0.1, -0.05) is 34.6 Å². The number of hydrogen-bond acceptors (Lipinski definition) is 5. The zero-order valence-electron chi connectivity index (χ0n) is 14.8. The molecule has 128 valence electrons. The molecule has 2 heterocycles. The summed E-state index contributed by atoms with van der Waals surface area (Å²) in [5.41, 5.74) is 1.03. The van der Waals surface area contributed by atoms with Crippen LogP contribution in [0.1, 0.15) is 58.5 Å². The molecular formula is C17H28N4O2. The summed E-state index contributed by atoms with van der Waals surface area (Å²) in [6.45, 7) is 13.3. The lowest BCUT2D eigenvalue weighted by molar-refractivity contribution is 0.158.